The van der Waals surface area contributed by atoms with Crippen LogP contribution in [0.4, 0.5) is 14.5 Å². The van der Waals surface area contributed by atoms with Crippen molar-refractivity contribution in [2.24, 2.45) is 0 Å². The zero-order valence-corrected chi connectivity index (χ0v) is 18.2. The standard InChI is InChI=1S/C26H25F2NO3/c1-5-7-20(14-18(4)27)21-11-12-24(28)23(16-21)26(31)29-22-9-6-8-19(15-22)10-13-25(30)32-17(2)3/h5-17H,4H2,1-3H3,(H,29,31)/b7-5-,13-10+,20-14+. The smallest absolute Gasteiger partial charge is 0.331 e. The summed E-state index contributed by atoms with van der Waals surface area (Å²) in [6.45, 7) is 8.48. The lowest BCUT2D eigenvalue weighted by atomic mass is 10.0. The predicted molar refractivity (Wildman–Crippen MR) is 124 cm³/mol. The van der Waals surface area contributed by atoms with Crippen LogP contribution in [-0.4, -0.2) is 18.0 Å². The molecule has 0 fully saturated rings. The highest BCUT2D eigenvalue weighted by atomic mass is 19.1. The molecule has 0 atom stereocenters. The fourth-order valence-electron chi connectivity index (χ4n) is 2.81. The third kappa shape index (κ3) is 7.47. The van der Waals surface area contributed by atoms with E-state index in [9.17, 15) is 18.4 Å². The Morgan fingerprint density at radius 2 is 1.88 bits per heavy atom. The Labute approximate surface area is 186 Å². The summed E-state index contributed by atoms with van der Waals surface area (Å²) in [6.07, 6.45) is 7.16. The summed E-state index contributed by atoms with van der Waals surface area (Å²) in [4.78, 5) is 24.4. The molecule has 1 N–H and O–H groups in total. The van der Waals surface area contributed by atoms with Gasteiger partial charge in [-0.15, -0.1) is 0 Å². The van der Waals surface area contributed by atoms with Crippen molar-refractivity contribution in [1.82, 2.24) is 0 Å². The molecular formula is C26H25F2NO3. The summed E-state index contributed by atoms with van der Waals surface area (Å²) in [7, 11) is 0. The van der Waals surface area contributed by atoms with Crippen LogP contribution in [0.1, 0.15) is 42.3 Å². The maximum Gasteiger partial charge on any atom is 0.331 e. The molecule has 0 bridgehead atoms. The van der Waals surface area contributed by atoms with Gasteiger partial charge in [-0.3, -0.25) is 4.79 Å². The molecular weight excluding hydrogens is 412 g/mol. The Morgan fingerprint density at radius 1 is 1.12 bits per heavy atom. The van der Waals surface area contributed by atoms with Crippen molar-refractivity contribution in [2.75, 3.05) is 5.32 Å². The lowest BCUT2D eigenvalue weighted by molar-refractivity contribution is -0.141. The van der Waals surface area contributed by atoms with E-state index in [0.717, 1.165) is 6.07 Å². The second-order valence-corrected chi connectivity index (χ2v) is 7.14. The Bertz CT molecular complexity index is 1100. The largest absolute Gasteiger partial charge is 0.460 e. The van der Waals surface area contributed by atoms with Crippen LogP contribution >= 0.6 is 0 Å². The number of carbonyl (C=O) groups excluding carboxylic acids is 2. The molecule has 166 valence electrons. The molecule has 0 aromatic heterocycles. The number of hydrogen-bond acceptors (Lipinski definition) is 3. The topological polar surface area (TPSA) is 55.4 Å². The van der Waals surface area contributed by atoms with Crippen molar-refractivity contribution in [1.29, 1.82) is 0 Å². The number of ether oxygens (including phenoxy) is 1. The van der Waals surface area contributed by atoms with Gasteiger partial charge in [-0.1, -0.05) is 36.9 Å². The van der Waals surface area contributed by atoms with Gasteiger partial charge < -0.3 is 10.1 Å². The molecule has 6 heteroatoms. The van der Waals surface area contributed by atoms with Gasteiger partial charge in [0.1, 0.15) is 11.6 Å². The quantitative estimate of drug-likeness (QED) is 0.292. The van der Waals surface area contributed by atoms with Gasteiger partial charge in [-0.25, -0.2) is 13.6 Å². The first kappa shape index (κ1) is 24.5. The highest BCUT2D eigenvalue weighted by molar-refractivity contribution is 6.05. The first-order valence-electron chi connectivity index (χ1n) is 9.98. The van der Waals surface area contributed by atoms with Gasteiger partial charge in [-0.05, 0) is 73.9 Å². The summed E-state index contributed by atoms with van der Waals surface area (Å²) in [5, 5.41) is 2.64. The van der Waals surface area contributed by atoms with E-state index in [1.165, 1.54) is 24.3 Å². The van der Waals surface area contributed by atoms with Crippen LogP contribution in [-0.2, 0) is 9.53 Å². The summed E-state index contributed by atoms with van der Waals surface area (Å²) >= 11 is 0. The number of halogens is 2. The third-order valence-corrected chi connectivity index (χ3v) is 4.11. The van der Waals surface area contributed by atoms with E-state index in [-0.39, 0.29) is 11.7 Å². The molecule has 0 radical (unpaired) electrons. The van der Waals surface area contributed by atoms with Crippen LogP contribution in [0.3, 0.4) is 0 Å². The second-order valence-electron chi connectivity index (χ2n) is 7.14. The minimum absolute atomic E-state index is 0.191. The van der Waals surface area contributed by atoms with Crippen LogP contribution < -0.4 is 5.32 Å². The molecule has 0 saturated heterocycles. The zero-order valence-electron chi connectivity index (χ0n) is 18.2. The fourth-order valence-corrected chi connectivity index (χ4v) is 2.81. The number of allylic oxidation sites excluding steroid dienone is 5. The van der Waals surface area contributed by atoms with E-state index in [0.29, 0.717) is 22.4 Å². The van der Waals surface area contributed by atoms with Crippen LogP contribution in [0.2, 0.25) is 0 Å². The summed E-state index contributed by atoms with van der Waals surface area (Å²) in [6, 6.07) is 10.7. The van der Waals surface area contributed by atoms with Crippen LogP contribution in [0.25, 0.3) is 11.6 Å². The number of hydrogen-bond donors (Lipinski definition) is 1. The Kier molecular flexibility index (Phi) is 8.83. The molecule has 2 aromatic carbocycles. The molecule has 0 aliphatic carbocycles. The highest BCUT2D eigenvalue weighted by Gasteiger charge is 2.14. The van der Waals surface area contributed by atoms with Crippen molar-refractivity contribution in [3.8, 4) is 0 Å². The zero-order chi connectivity index (χ0) is 23.7. The molecule has 32 heavy (non-hydrogen) atoms. The molecule has 0 aliphatic heterocycles. The molecule has 0 heterocycles. The van der Waals surface area contributed by atoms with E-state index in [2.05, 4.69) is 11.9 Å². The van der Waals surface area contributed by atoms with Gasteiger partial charge in [-0.2, -0.15) is 0 Å². The SMILES string of the molecule is C=C(F)/C=C(\C=C/C)c1ccc(F)c(C(=O)Nc2cccc(/C=C/C(=O)OC(C)C)c2)c1. The van der Waals surface area contributed by atoms with Crippen molar-refractivity contribution >= 4 is 29.2 Å². The minimum atomic E-state index is -0.711. The van der Waals surface area contributed by atoms with Crippen LogP contribution in [0.5, 0.6) is 0 Å². The number of carbonyl (C=O) groups is 2. The molecule has 0 unspecified atom stereocenters. The van der Waals surface area contributed by atoms with Crippen LogP contribution in [0, 0.1) is 5.82 Å². The van der Waals surface area contributed by atoms with Gasteiger partial charge in [0.25, 0.3) is 5.91 Å². The van der Waals surface area contributed by atoms with Gasteiger partial charge in [0.2, 0.25) is 0 Å². The van der Waals surface area contributed by atoms with E-state index >= 15 is 0 Å². The number of benzene rings is 2. The highest BCUT2D eigenvalue weighted by Crippen LogP contribution is 2.22. The Balaban J connectivity index is 2.25. The van der Waals surface area contributed by atoms with E-state index in [1.54, 1.807) is 63.3 Å². The number of amides is 1. The maximum atomic E-state index is 14.4. The molecule has 0 aliphatic rings. The van der Waals surface area contributed by atoms with E-state index in [4.69, 9.17) is 4.74 Å². The van der Waals surface area contributed by atoms with Gasteiger partial charge in [0.15, 0.2) is 0 Å². The van der Waals surface area contributed by atoms with Gasteiger partial charge >= 0.3 is 5.97 Å². The van der Waals surface area contributed by atoms with Crippen molar-refractivity contribution < 1.29 is 23.1 Å². The number of esters is 1. The molecule has 4 nitrogen and oxygen atoms in total. The Morgan fingerprint density at radius 3 is 2.53 bits per heavy atom. The number of nitrogens with one attached hydrogen (secondary N) is 1. The van der Waals surface area contributed by atoms with Crippen molar-refractivity contribution in [3.05, 3.63) is 102 Å². The monoisotopic (exact) mass is 437 g/mol. The number of anilines is 1. The summed E-state index contributed by atoms with van der Waals surface area (Å²) < 4.78 is 32.7. The summed E-state index contributed by atoms with van der Waals surface area (Å²) in [5.41, 5.74) is 1.80. The lowest BCUT2D eigenvalue weighted by Gasteiger charge is -2.10. The fraction of sp³-hybridized carbons (Fsp3) is 0.154. The first-order valence-corrected chi connectivity index (χ1v) is 9.98. The Hall–Kier alpha value is -3.80. The third-order valence-electron chi connectivity index (χ3n) is 4.11. The molecule has 2 rings (SSSR count). The molecule has 0 spiro atoms. The van der Waals surface area contributed by atoms with E-state index in [1.807, 2.05) is 0 Å². The average molecular weight is 437 g/mol. The summed E-state index contributed by atoms with van der Waals surface area (Å²) in [5.74, 6) is -2.51. The predicted octanol–water partition coefficient (Wildman–Crippen LogP) is 6.49. The van der Waals surface area contributed by atoms with Gasteiger partial charge in [0, 0.05) is 11.8 Å². The lowest BCUT2D eigenvalue weighted by Crippen LogP contribution is -2.14. The van der Waals surface area contributed by atoms with Crippen molar-refractivity contribution in [3.63, 3.8) is 0 Å². The number of rotatable bonds is 8. The minimum Gasteiger partial charge on any atom is -0.460 e. The molecule has 2 aromatic rings. The maximum absolute atomic E-state index is 14.4. The van der Waals surface area contributed by atoms with Crippen molar-refractivity contribution in [2.45, 2.75) is 26.9 Å². The molecule has 0 saturated carbocycles. The normalized spacial score (nSPS) is 11.9. The van der Waals surface area contributed by atoms with Gasteiger partial charge in [0.05, 0.1) is 11.7 Å². The first-order chi connectivity index (χ1) is 15.2. The average Bonchev–Trinajstić information content (AvgIpc) is 2.72. The van der Waals surface area contributed by atoms with E-state index < -0.39 is 23.5 Å². The second kappa shape index (κ2) is 11.6. The van der Waals surface area contributed by atoms with Crippen LogP contribution in [0.15, 0.2) is 79.2 Å². The molecule has 1 amide bonds.